The van der Waals surface area contributed by atoms with Crippen LogP contribution in [0, 0.1) is 5.92 Å². The van der Waals surface area contributed by atoms with E-state index in [0.29, 0.717) is 16.5 Å². The van der Waals surface area contributed by atoms with Crippen molar-refractivity contribution in [2.24, 2.45) is 5.92 Å². The Hall–Kier alpha value is -1.46. The smallest absolute Gasteiger partial charge is 0.326 e. The lowest BCUT2D eigenvalue weighted by atomic mass is 9.99. The minimum Gasteiger partial charge on any atom is -0.482 e. The van der Waals surface area contributed by atoms with Gasteiger partial charge in [0.15, 0.2) is 6.61 Å². The largest absolute Gasteiger partial charge is 0.482 e. The van der Waals surface area contributed by atoms with Crippen molar-refractivity contribution in [1.29, 1.82) is 0 Å². The Kier molecular flexibility index (Phi) is 6.78. The second-order valence-corrected chi connectivity index (χ2v) is 5.48. The molecule has 116 valence electrons. The van der Waals surface area contributed by atoms with E-state index in [-0.39, 0.29) is 18.3 Å². The van der Waals surface area contributed by atoms with Gasteiger partial charge in [0.1, 0.15) is 11.8 Å². The van der Waals surface area contributed by atoms with Crippen molar-refractivity contribution in [3.8, 4) is 5.75 Å². The number of aliphatic carboxylic acids is 1. The van der Waals surface area contributed by atoms with Crippen molar-refractivity contribution in [1.82, 2.24) is 5.32 Å². The predicted molar refractivity (Wildman–Crippen MR) is 81.0 cm³/mol. The third-order valence-electron chi connectivity index (χ3n) is 3.05. The van der Waals surface area contributed by atoms with Crippen LogP contribution in [0.5, 0.6) is 5.75 Å². The van der Waals surface area contributed by atoms with E-state index in [9.17, 15) is 9.59 Å². The van der Waals surface area contributed by atoms with E-state index in [1.54, 1.807) is 19.1 Å². The Morgan fingerprint density at radius 1 is 1.38 bits per heavy atom. The molecule has 0 bridgehead atoms. The first-order valence-corrected chi connectivity index (χ1v) is 7.20. The number of carbonyl (C=O) groups is 2. The van der Waals surface area contributed by atoms with Gasteiger partial charge in [-0.3, -0.25) is 4.79 Å². The normalized spacial score (nSPS) is 13.3. The third kappa shape index (κ3) is 5.44. The molecular weight excluding hydrogens is 317 g/mol. The maximum atomic E-state index is 11.8. The van der Waals surface area contributed by atoms with Crippen molar-refractivity contribution in [3.05, 3.63) is 28.2 Å². The van der Waals surface area contributed by atoms with Gasteiger partial charge in [-0.15, -0.1) is 0 Å². The van der Waals surface area contributed by atoms with Crippen LogP contribution in [0.2, 0.25) is 10.0 Å². The minimum atomic E-state index is -1.07. The zero-order chi connectivity index (χ0) is 16.0. The van der Waals surface area contributed by atoms with Gasteiger partial charge in [0, 0.05) is 11.1 Å². The highest BCUT2D eigenvalue weighted by Crippen LogP contribution is 2.27. The van der Waals surface area contributed by atoms with Gasteiger partial charge in [-0.25, -0.2) is 4.79 Å². The van der Waals surface area contributed by atoms with Gasteiger partial charge in [-0.1, -0.05) is 43.5 Å². The lowest BCUT2D eigenvalue weighted by molar-refractivity contribution is -0.143. The molecule has 2 atom stereocenters. The highest BCUT2D eigenvalue weighted by Gasteiger charge is 2.25. The number of carboxylic acid groups (broad SMARTS) is 1. The Morgan fingerprint density at radius 3 is 2.62 bits per heavy atom. The number of hydrogen-bond donors (Lipinski definition) is 2. The van der Waals surface area contributed by atoms with Crippen molar-refractivity contribution >= 4 is 35.1 Å². The molecule has 7 heteroatoms. The third-order valence-corrected chi connectivity index (χ3v) is 3.59. The fourth-order valence-corrected chi connectivity index (χ4v) is 1.96. The summed E-state index contributed by atoms with van der Waals surface area (Å²) in [7, 11) is 0. The monoisotopic (exact) mass is 333 g/mol. The average Bonchev–Trinajstić information content (AvgIpc) is 2.44. The first kappa shape index (κ1) is 17.6. The molecule has 2 N–H and O–H groups in total. The molecule has 0 heterocycles. The van der Waals surface area contributed by atoms with E-state index in [4.69, 9.17) is 33.0 Å². The Morgan fingerprint density at radius 2 is 2.05 bits per heavy atom. The lowest BCUT2D eigenvalue weighted by Gasteiger charge is -2.20. The number of rotatable bonds is 7. The molecule has 1 aromatic rings. The fourth-order valence-electron chi connectivity index (χ4n) is 1.63. The molecule has 1 aromatic carbocycles. The molecule has 0 aliphatic carbocycles. The van der Waals surface area contributed by atoms with Gasteiger partial charge in [-0.05, 0) is 18.1 Å². The molecule has 0 radical (unpaired) electrons. The summed E-state index contributed by atoms with van der Waals surface area (Å²) in [5.41, 5.74) is 0. The van der Waals surface area contributed by atoms with E-state index < -0.39 is 17.9 Å². The van der Waals surface area contributed by atoms with Crippen LogP contribution in [-0.2, 0) is 9.59 Å². The summed E-state index contributed by atoms with van der Waals surface area (Å²) in [6, 6.07) is 3.69. The van der Waals surface area contributed by atoms with Crippen molar-refractivity contribution in [2.75, 3.05) is 6.61 Å². The number of hydrogen-bond acceptors (Lipinski definition) is 3. The number of benzene rings is 1. The summed E-state index contributed by atoms with van der Waals surface area (Å²) in [5, 5.41) is 12.3. The first-order chi connectivity index (χ1) is 9.85. The molecule has 0 saturated heterocycles. The second kappa shape index (κ2) is 8.10. The number of carbonyl (C=O) groups excluding carboxylic acids is 1. The van der Waals surface area contributed by atoms with Gasteiger partial charge in [-0.2, -0.15) is 0 Å². The van der Waals surface area contributed by atoms with Crippen LogP contribution in [-0.4, -0.2) is 29.6 Å². The number of halogens is 2. The van der Waals surface area contributed by atoms with Gasteiger partial charge >= 0.3 is 5.97 Å². The summed E-state index contributed by atoms with van der Waals surface area (Å²) in [4.78, 5) is 22.9. The number of nitrogens with one attached hydrogen (secondary N) is 1. The summed E-state index contributed by atoms with van der Waals surface area (Å²) < 4.78 is 5.25. The van der Waals surface area contributed by atoms with Crippen molar-refractivity contribution < 1.29 is 19.4 Å². The Bertz CT molecular complexity index is 522. The average molecular weight is 334 g/mol. The van der Waals surface area contributed by atoms with Crippen LogP contribution >= 0.6 is 23.2 Å². The molecular formula is C14H17Cl2NO4. The molecule has 0 aliphatic rings. The van der Waals surface area contributed by atoms with Crippen molar-refractivity contribution in [2.45, 2.75) is 26.3 Å². The summed E-state index contributed by atoms with van der Waals surface area (Å²) in [5.74, 6) is -1.51. The standard InChI is InChI=1S/C14H17Cl2NO4/c1-3-8(2)13(14(19)20)17-12(18)7-21-11-6-9(15)4-5-10(11)16/h4-6,8,13H,3,7H2,1-2H3,(H,17,18)(H,19,20)/t8-,13-/m0/s1. The van der Waals surface area contributed by atoms with Gasteiger partial charge in [0.2, 0.25) is 0 Å². The quantitative estimate of drug-likeness (QED) is 0.804. The van der Waals surface area contributed by atoms with Crippen LogP contribution in [0.3, 0.4) is 0 Å². The Balaban J connectivity index is 2.61. The van der Waals surface area contributed by atoms with Crippen LogP contribution in [0.15, 0.2) is 18.2 Å². The maximum absolute atomic E-state index is 11.8. The summed E-state index contributed by atoms with van der Waals surface area (Å²) in [6.07, 6.45) is 0.637. The molecule has 1 amide bonds. The maximum Gasteiger partial charge on any atom is 0.326 e. The van der Waals surface area contributed by atoms with Crippen LogP contribution in [0.1, 0.15) is 20.3 Å². The molecule has 0 aromatic heterocycles. The molecule has 0 unspecified atom stereocenters. The topological polar surface area (TPSA) is 75.6 Å². The van der Waals surface area contributed by atoms with E-state index >= 15 is 0 Å². The molecule has 0 saturated carbocycles. The molecule has 0 spiro atoms. The van der Waals surface area contributed by atoms with E-state index in [0.717, 1.165) is 0 Å². The highest BCUT2D eigenvalue weighted by molar-refractivity contribution is 6.34. The lowest BCUT2D eigenvalue weighted by Crippen LogP contribution is -2.46. The van der Waals surface area contributed by atoms with Gasteiger partial charge in [0.05, 0.1) is 5.02 Å². The van der Waals surface area contributed by atoms with Crippen LogP contribution in [0.4, 0.5) is 0 Å². The van der Waals surface area contributed by atoms with Gasteiger partial charge in [0.25, 0.3) is 5.91 Å². The van der Waals surface area contributed by atoms with Crippen LogP contribution < -0.4 is 10.1 Å². The summed E-state index contributed by atoms with van der Waals surface area (Å²) in [6.45, 7) is 3.28. The zero-order valence-electron chi connectivity index (χ0n) is 11.7. The number of ether oxygens (including phenoxy) is 1. The minimum absolute atomic E-state index is 0.179. The van der Waals surface area contributed by atoms with E-state index in [1.807, 2.05) is 6.92 Å². The predicted octanol–water partition coefficient (Wildman–Crippen LogP) is 2.99. The van der Waals surface area contributed by atoms with Crippen LogP contribution in [0.25, 0.3) is 0 Å². The molecule has 0 fully saturated rings. The molecule has 1 rings (SSSR count). The Labute approximate surface area is 133 Å². The SMILES string of the molecule is CC[C@H](C)[C@H](NC(=O)COc1cc(Cl)ccc1Cl)C(=O)O. The first-order valence-electron chi connectivity index (χ1n) is 6.45. The number of amides is 1. The highest BCUT2D eigenvalue weighted by atomic mass is 35.5. The van der Waals surface area contributed by atoms with Gasteiger partial charge < -0.3 is 15.2 Å². The van der Waals surface area contributed by atoms with E-state index in [2.05, 4.69) is 5.32 Å². The number of carboxylic acids is 1. The molecule has 5 nitrogen and oxygen atoms in total. The molecule has 21 heavy (non-hydrogen) atoms. The summed E-state index contributed by atoms with van der Waals surface area (Å²) >= 11 is 11.7. The fraction of sp³-hybridized carbons (Fsp3) is 0.429. The van der Waals surface area contributed by atoms with Crippen molar-refractivity contribution in [3.63, 3.8) is 0 Å². The second-order valence-electron chi connectivity index (χ2n) is 4.63. The van der Waals surface area contributed by atoms with E-state index in [1.165, 1.54) is 6.07 Å². The zero-order valence-corrected chi connectivity index (χ0v) is 13.2. The molecule has 0 aliphatic heterocycles.